The van der Waals surface area contributed by atoms with Crippen LogP contribution in [0.2, 0.25) is 0 Å². The lowest BCUT2D eigenvalue weighted by atomic mass is 9.89. The molecule has 4 N–H and O–H groups in total. The maximum absolute atomic E-state index is 13.3. The highest BCUT2D eigenvalue weighted by Crippen LogP contribution is 2.44. The van der Waals surface area contributed by atoms with E-state index >= 15 is 0 Å². The number of rotatable bonds is 11. The number of nitrogen functional groups attached to an aromatic ring is 1. The summed E-state index contributed by atoms with van der Waals surface area (Å²) >= 11 is 4.68. The lowest BCUT2D eigenvalue weighted by molar-refractivity contribution is -0.169. The third-order valence-corrected chi connectivity index (χ3v) is 10.2. The van der Waals surface area contributed by atoms with Crippen LogP contribution in [0.25, 0.3) is 0 Å². The highest BCUT2D eigenvalue weighted by molar-refractivity contribution is 8.01. The molecule has 0 saturated carbocycles. The molecule has 4 atom stereocenters. The number of aliphatic carboxylic acids is 1. The molecule has 0 aliphatic carbocycles. The molecule has 2 amide bonds. The van der Waals surface area contributed by atoms with Gasteiger partial charge in [-0.1, -0.05) is 35.2 Å². The summed E-state index contributed by atoms with van der Waals surface area (Å²) in [4.78, 5) is 61.9. The van der Waals surface area contributed by atoms with Crippen molar-refractivity contribution in [3.8, 4) is 0 Å². The van der Waals surface area contributed by atoms with Gasteiger partial charge < -0.3 is 30.6 Å². The molecule has 2 fully saturated rings. The number of esters is 1. The van der Waals surface area contributed by atoms with Crippen molar-refractivity contribution in [1.29, 1.82) is 0 Å². The minimum atomic E-state index is -1.19. The second-order valence-corrected chi connectivity index (χ2v) is 14.1. The van der Waals surface area contributed by atoms with Crippen molar-refractivity contribution in [3.63, 3.8) is 0 Å². The monoisotopic (exact) mass is 644 g/mol. The molecular formula is C22H28N8O7S4. The molecule has 2 saturated heterocycles. The number of amides is 2. The predicted molar refractivity (Wildman–Crippen MR) is 152 cm³/mol. The molecule has 4 heterocycles. The molecule has 2 aromatic heterocycles. The van der Waals surface area contributed by atoms with E-state index in [1.807, 2.05) is 0 Å². The largest absolute Gasteiger partial charge is 0.481 e. The van der Waals surface area contributed by atoms with E-state index in [4.69, 9.17) is 15.3 Å². The SMILES string of the molecule is CCC(ON=C(C(=O)NC1C(=O)N2CC(CSc3nncs3)(C(=O)O)CS[C@H]12)c1nsc(N)n1)C(=O)OC(C)(C)C. The molecular weight excluding hydrogens is 617 g/mol. The summed E-state index contributed by atoms with van der Waals surface area (Å²) in [5, 5.41) is 23.8. The minimum Gasteiger partial charge on any atom is -0.481 e. The van der Waals surface area contributed by atoms with Gasteiger partial charge in [-0.15, -0.1) is 22.0 Å². The summed E-state index contributed by atoms with van der Waals surface area (Å²) in [5.74, 6) is -2.64. The van der Waals surface area contributed by atoms with E-state index in [0.29, 0.717) is 4.34 Å². The zero-order valence-electron chi connectivity index (χ0n) is 22.4. The van der Waals surface area contributed by atoms with E-state index in [1.165, 1.54) is 39.8 Å². The predicted octanol–water partition coefficient (Wildman–Crippen LogP) is 1.08. The number of carbonyl (C=O) groups excluding carboxylic acids is 3. The summed E-state index contributed by atoms with van der Waals surface area (Å²) in [6, 6.07) is -0.941. The van der Waals surface area contributed by atoms with E-state index in [1.54, 1.807) is 33.2 Å². The number of hydrogen-bond donors (Lipinski definition) is 3. The van der Waals surface area contributed by atoms with Gasteiger partial charge in [-0.25, -0.2) is 4.79 Å². The number of hydrogen-bond acceptors (Lipinski definition) is 16. The normalized spacial score (nSPS) is 23.3. The Morgan fingerprint density at radius 3 is 2.73 bits per heavy atom. The molecule has 4 rings (SSSR count). The first kappa shape index (κ1) is 30.9. The van der Waals surface area contributed by atoms with E-state index in [-0.39, 0.29) is 41.1 Å². The fraction of sp³-hybridized carbons (Fsp3) is 0.591. The van der Waals surface area contributed by atoms with Crippen molar-refractivity contribution in [3.05, 3.63) is 11.3 Å². The number of β-lactam (4-membered cyclic amide) rings is 1. The lowest BCUT2D eigenvalue weighted by Gasteiger charge is -2.53. The number of nitrogens with zero attached hydrogens (tertiary/aromatic N) is 6. The van der Waals surface area contributed by atoms with Crippen LogP contribution in [0.4, 0.5) is 5.13 Å². The Hall–Kier alpha value is -3.03. The second-order valence-electron chi connectivity index (χ2n) is 10.1. The molecule has 19 heteroatoms. The number of anilines is 1. The van der Waals surface area contributed by atoms with E-state index in [2.05, 4.69) is 30.0 Å². The number of carbonyl (C=O) groups is 4. The van der Waals surface area contributed by atoms with Crippen molar-refractivity contribution in [2.75, 3.05) is 23.8 Å². The second kappa shape index (κ2) is 12.5. The fourth-order valence-corrected chi connectivity index (χ4v) is 7.61. The Labute approximate surface area is 251 Å². The van der Waals surface area contributed by atoms with Crippen molar-refractivity contribution in [1.82, 2.24) is 29.8 Å². The Morgan fingerprint density at radius 1 is 1.39 bits per heavy atom. The molecule has 2 aromatic rings. The van der Waals surface area contributed by atoms with Crippen LogP contribution in [0.15, 0.2) is 15.0 Å². The van der Waals surface area contributed by atoms with Crippen LogP contribution in [-0.4, -0.2) is 100 Å². The molecule has 0 radical (unpaired) electrons. The van der Waals surface area contributed by atoms with Gasteiger partial charge in [-0.05, 0) is 27.2 Å². The van der Waals surface area contributed by atoms with Gasteiger partial charge in [0.2, 0.25) is 23.5 Å². The lowest BCUT2D eigenvalue weighted by Crippen LogP contribution is -2.74. The number of oxime groups is 1. The number of nitrogens with one attached hydrogen (secondary N) is 1. The van der Waals surface area contributed by atoms with E-state index in [0.717, 1.165) is 11.5 Å². The van der Waals surface area contributed by atoms with Crippen LogP contribution in [0.5, 0.6) is 0 Å². The van der Waals surface area contributed by atoms with Crippen molar-refractivity contribution in [2.45, 2.75) is 61.6 Å². The summed E-state index contributed by atoms with van der Waals surface area (Å²) in [7, 11) is 0. The molecule has 0 bridgehead atoms. The summed E-state index contributed by atoms with van der Waals surface area (Å²) in [6.45, 7) is 6.80. The zero-order chi connectivity index (χ0) is 29.9. The summed E-state index contributed by atoms with van der Waals surface area (Å²) < 4.78 is 10.0. The molecule has 2 aliphatic heterocycles. The van der Waals surface area contributed by atoms with Crippen LogP contribution in [0, 0.1) is 5.41 Å². The highest BCUT2D eigenvalue weighted by atomic mass is 32.2. The number of carboxylic acid groups (broad SMARTS) is 1. The topological polar surface area (TPSA) is 212 Å². The molecule has 222 valence electrons. The van der Waals surface area contributed by atoms with Crippen LogP contribution in [-0.2, 0) is 28.8 Å². The average Bonchev–Trinajstić information content (AvgIpc) is 3.59. The third-order valence-electron chi connectivity index (χ3n) is 5.88. The first-order valence-corrected chi connectivity index (χ1v) is 15.9. The Morgan fingerprint density at radius 2 is 2.15 bits per heavy atom. The summed E-state index contributed by atoms with van der Waals surface area (Å²) in [6.07, 6.45) is -0.901. The van der Waals surface area contributed by atoms with E-state index < -0.39 is 52.3 Å². The van der Waals surface area contributed by atoms with Gasteiger partial charge in [0.25, 0.3) is 5.91 Å². The van der Waals surface area contributed by atoms with Gasteiger partial charge >= 0.3 is 11.9 Å². The molecule has 41 heavy (non-hydrogen) atoms. The van der Waals surface area contributed by atoms with Gasteiger partial charge in [0.15, 0.2) is 9.47 Å². The van der Waals surface area contributed by atoms with Crippen molar-refractivity contribution < 1.29 is 33.9 Å². The van der Waals surface area contributed by atoms with Gasteiger partial charge in [0.1, 0.15) is 27.9 Å². The zero-order valence-corrected chi connectivity index (χ0v) is 25.7. The number of fused-ring (bicyclic) bond motifs is 1. The number of thioether (sulfide) groups is 2. The molecule has 0 aromatic carbocycles. The maximum atomic E-state index is 13.3. The number of aromatic nitrogens is 4. The van der Waals surface area contributed by atoms with Gasteiger partial charge in [-0.2, -0.15) is 9.36 Å². The molecule has 3 unspecified atom stereocenters. The highest BCUT2D eigenvalue weighted by Gasteiger charge is 2.57. The first-order valence-electron chi connectivity index (χ1n) is 12.2. The minimum absolute atomic E-state index is 0.0146. The Bertz CT molecular complexity index is 1330. The number of ether oxygens (including phenoxy) is 1. The van der Waals surface area contributed by atoms with E-state index in [9.17, 15) is 24.3 Å². The quantitative estimate of drug-likeness (QED) is 0.103. The van der Waals surface area contributed by atoms with Crippen molar-refractivity contribution in [2.24, 2.45) is 10.6 Å². The molecule has 15 nitrogen and oxygen atoms in total. The number of carboxylic acids is 1. The standard InChI is InChI=1S/C22H28N8O7S4/c1-5-10(17(33)36-21(2,3)4)37-28-11(13-26-19(23)41-29-13)14(31)25-12-15(32)30-6-22(18(34)35,7-38-16(12)30)8-39-20-27-24-9-40-20/h9-10,12,16H,5-8H2,1-4H3,(H,25,31)(H,34,35)(H2,23,26,29)/t10?,12?,16-,22?/m1/s1. The Balaban J connectivity index is 1.45. The van der Waals surface area contributed by atoms with Crippen LogP contribution in [0.3, 0.4) is 0 Å². The smallest absolute Gasteiger partial charge is 0.350 e. The Kier molecular flexibility index (Phi) is 9.39. The van der Waals surface area contributed by atoms with Gasteiger partial charge in [0, 0.05) is 29.6 Å². The van der Waals surface area contributed by atoms with Gasteiger partial charge in [-0.3, -0.25) is 14.4 Å². The van der Waals surface area contributed by atoms with Gasteiger partial charge in [0.05, 0.1) is 0 Å². The first-order chi connectivity index (χ1) is 19.3. The fourth-order valence-electron chi connectivity index (χ4n) is 3.82. The molecule has 0 spiro atoms. The number of nitrogens with two attached hydrogens (primary N) is 1. The molecule has 2 aliphatic rings. The van der Waals surface area contributed by atoms with Crippen LogP contribution < -0.4 is 11.1 Å². The maximum Gasteiger partial charge on any atom is 0.350 e. The average molecular weight is 645 g/mol. The summed E-state index contributed by atoms with van der Waals surface area (Å²) in [5.41, 5.74) is 4.93. The van der Waals surface area contributed by atoms with Crippen LogP contribution >= 0.6 is 46.4 Å². The van der Waals surface area contributed by atoms with Crippen LogP contribution in [0.1, 0.15) is 39.9 Å². The third kappa shape index (κ3) is 7.07. The van der Waals surface area contributed by atoms with Crippen molar-refractivity contribution >= 4 is 81.0 Å².